The first-order chi connectivity index (χ1) is 7.91. The van der Waals surface area contributed by atoms with Crippen LogP contribution in [0.15, 0.2) is 0 Å². The third-order valence-corrected chi connectivity index (χ3v) is 4.26. The zero-order chi connectivity index (χ0) is 12.9. The average Bonchev–Trinajstić information content (AvgIpc) is 2.27. The molecule has 1 saturated heterocycles. The molecule has 0 spiro atoms. The Bertz CT molecular complexity index is 348. The predicted octanol–water partition coefficient (Wildman–Crippen LogP) is -1.61. The van der Waals surface area contributed by atoms with Crippen LogP contribution >= 0.6 is 0 Å². The Morgan fingerprint density at radius 1 is 1.29 bits per heavy atom. The van der Waals surface area contributed by atoms with Crippen molar-refractivity contribution in [3.63, 3.8) is 0 Å². The van der Waals surface area contributed by atoms with Crippen molar-refractivity contribution in [2.45, 2.75) is 0 Å². The molecule has 0 atom stereocenters. The molecule has 1 amide bonds. The van der Waals surface area contributed by atoms with Crippen LogP contribution < -0.4 is 5.32 Å². The van der Waals surface area contributed by atoms with Gasteiger partial charge in [0.1, 0.15) is 5.75 Å². The van der Waals surface area contributed by atoms with Crippen molar-refractivity contribution in [3.05, 3.63) is 0 Å². The summed E-state index contributed by atoms with van der Waals surface area (Å²) in [4.78, 5) is 14.7. The maximum atomic E-state index is 11.7. The van der Waals surface area contributed by atoms with Crippen LogP contribution in [0, 0.1) is 0 Å². The number of piperazine rings is 1. The Balaban J connectivity index is 2.36. The van der Waals surface area contributed by atoms with Gasteiger partial charge in [0.2, 0.25) is 5.91 Å². The number of hydrogen-bond donors (Lipinski definition) is 1. The number of sulfone groups is 1. The summed E-state index contributed by atoms with van der Waals surface area (Å²) in [6.07, 6.45) is 0. The van der Waals surface area contributed by atoms with E-state index in [-0.39, 0.29) is 17.4 Å². The lowest BCUT2D eigenvalue weighted by Crippen LogP contribution is -2.45. The highest BCUT2D eigenvalue weighted by atomic mass is 32.2. The normalized spacial score (nSPS) is 18.0. The molecule has 6 nitrogen and oxygen atoms in total. The Morgan fingerprint density at radius 2 is 1.88 bits per heavy atom. The van der Waals surface area contributed by atoms with E-state index in [9.17, 15) is 13.2 Å². The van der Waals surface area contributed by atoms with Crippen molar-refractivity contribution in [1.82, 2.24) is 15.1 Å². The molecule has 0 saturated carbocycles. The number of hydrogen-bond acceptors (Lipinski definition) is 5. The number of carbonyl (C=O) groups is 1. The summed E-state index contributed by atoms with van der Waals surface area (Å²) in [6.45, 7) is 4.06. The first-order valence-corrected chi connectivity index (χ1v) is 7.56. The van der Waals surface area contributed by atoms with Gasteiger partial charge in [-0.25, -0.2) is 8.42 Å². The van der Waals surface area contributed by atoms with E-state index in [0.717, 1.165) is 26.2 Å². The van der Waals surface area contributed by atoms with Crippen LogP contribution in [0.2, 0.25) is 0 Å². The minimum absolute atomic E-state index is 0.0621. The standard InChI is InChI=1S/C10H21N3O3S/c1-12(2)10(14)9-17(15,16)8-7-13-5-3-11-4-6-13/h11H,3-9H2,1-2H3. The molecule has 0 aromatic carbocycles. The average molecular weight is 263 g/mol. The van der Waals surface area contributed by atoms with Crippen molar-refractivity contribution < 1.29 is 13.2 Å². The lowest BCUT2D eigenvalue weighted by molar-refractivity contribution is -0.125. The van der Waals surface area contributed by atoms with E-state index < -0.39 is 9.84 Å². The highest BCUT2D eigenvalue weighted by Crippen LogP contribution is 1.97. The molecule has 0 radical (unpaired) electrons. The minimum Gasteiger partial charge on any atom is -0.348 e. The molecule has 1 aliphatic rings. The topological polar surface area (TPSA) is 69.7 Å². The van der Waals surface area contributed by atoms with Gasteiger partial charge in [-0.15, -0.1) is 0 Å². The van der Waals surface area contributed by atoms with E-state index >= 15 is 0 Å². The SMILES string of the molecule is CN(C)C(=O)CS(=O)(=O)CCN1CCNCC1. The lowest BCUT2D eigenvalue weighted by atomic mass is 10.4. The van der Waals surface area contributed by atoms with Crippen molar-refractivity contribution in [3.8, 4) is 0 Å². The molecule has 0 bridgehead atoms. The first kappa shape index (κ1) is 14.4. The van der Waals surface area contributed by atoms with E-state index in [1.54, 1.807) is 14.1 Å². The van der Waals surface area contributed by atoms with Crippen LogP contribution in [0.25, 0.3) is 0 Å². The third-order valence-electron chi connectivity index (χ3n) is 2.77. The highest BCUT2D eigenvalue weighted by molar-refractivity contribution is 7.92. The molecule has 1 N–H and O–H groups in total. The molecule has 17 heavy (non-hydrogen) atoms. The van der Waals surface area contributed by atoms with Gasteiger partial charge in [0.15, 0.2) is 9.84 Å². The van der Waals surface area contributed by atoms with E-state index in [0.29, 0.717) is 6.54 Å². The van der Waals surface area contributed by atoms with Crippen LogP contribution in [-0.4, -0.2) is 82.4 Å². The van der Waals surface area contributed by atoms with Crippen molar-refractivity contribution in [1.29, 1.82) is 0 Å². The molecule has 0 unspecified atom stereocenters. The van der Waals surface area contributed by atoms with Gasteiger partial charge in [0.05, 0.1) is 5.75 Å². The van der Waals surface area contributed by atoms with Crippen LogP contribution in [-0.2, 0) is 14.6 Å². The molecular formula is C10H21N3O3S. The molecule has 0 aromatic rings. The molecule has 1 heterocycles. The quantitative estimate of drug-likeness (QED) is 0.646. The smallest absolute Gasteiger partial charge is 0.237 e. The van der Waals surface area contributed by atoms with Gasteiger partial charge in [0, 0.05) is 46.8 Å². The number of nitrogens with zero attached hydrogens (tertiary/aromatic N) is 2. The molecule has 1 fully saturated rings. The van der Waals surface area contributed by atoms with Gasteiger partial charge >= 0.3 is 0 Å². The molecule has 7 heteroatoms. The summed E-state index contributed by atoms with van der Waals surface area (Å²) in [5, 5.41) is 3.21. The van der Waals surface area contributed by atoms with E-state index in [1.807, 2.05) is 0 Å². The number of amides is 1. The monoisotopic (exact) mass is 263 g/mol. The number of carbonyl (C=O) groups excluding carboxylic acids is 1. The fourth-order valence-electron chi connectivity index (χ4n) is 1.59. The van der Waals surface area contributed by atoms with E-state index in [2.05, 4.69) is 10.2 Å². The Labute approximate surface area is 103 Å². The third kappa shape index (κ3) is 5.47. The summed E-state index contributed by atoms with van der Waals surface area (Å²) in [7, 11) is -0.151. The Kier molecular flexibility index (Phi) is 5.35. The molecule has 1 aliphatic heterocycles. The second-order valence-electron chi connectivity index (χ2n) is 4.47. The minimum atomic E-state index is -3.28. The lowest BCUT2D eigenvalue weighted by Gasteiger charge is -2.26. The fourth-order valence-corrected chi connectivity index (χ4v) is 2.91. The van der Waals surface area contributed by atoms with Crippen LogP contribution in [0.3, 0.4) is 0 Å². The summed E-state index contributed by atoms with van der Waals surface area (Å²) >= 11 is 0. The van der Waals surface area contributed by atoms with Gasteiger partial charge in [-0.3, -0.25) is 9.69 Å². The van der Waals surface area contributed by atoms with Crippen molar-refractivity contribution in [2.24, 2.45) is 0 Å². The van der Waals surface area contributed by atoms with Crippen LogP contribution in [0.5, 0.6) is 0 Å². The van der Waals surface area contributed by atoms with Crippen LogP contribution in [0.1, 0.15) is 0 Å². The van der Waals surface area contributed by atoms with Gasteiger partial charge in [-0.2, -0.15) is 0 Å². The second-order valence-corrected chi connectivity index (χ2v) is 6.66. The molecular weight excluding hydrogens is 242 g/mol. The second kappa shape index (κ2) is 6.32. The first-order valence-electron chi connectivity index (χ1n) is 5.74. The zero-order valence-corrected chi connectivity index (χ0v) is 11.3. The molecule has 0 aromatic heterocycles. The summed E-state index contributed by atoms with van der Waals surface area (Å²) in [5.74, 6) is -0.677. The van der Waals surface area contributed by atoms with Gasteiger partial charge in [0.25, 0.3) is 0 Å². The predicted molar refractivity (Wildman–Crippen MR) is 66.7 cm³/mol. The summed E-state index contributed by atoms with van der Waals surface area (Å²) in [5.41, 5.74) is 0. The van der Waals surface area contributed by atoms with Gasteiger partial charge in [-0.05, 0) is 0 Å². The zero-order valence-electron chi connectivity index (χ0n) is 10.5. The Morgan fingerprint density at radius 3 is 2.41 bits per heavy atom. The fraction of sp³-hybridized carbons (Fsp3) is 0.900. The summed E-state index contributed by atoms with van der Waals surface area (Å²) < 4.78 is 23.4. The van der Waals surface area contributed by atoms with Crippen molar-refractivity contribution in [2.75, 3.05) is 58.3 Å². The maximum Gasteiger partial charge on any atom is 0.237 e. The number of nitrogens with one attached hydrogen (secondary N) is 1. The highest BCUT2D eigenvalue weighted by Gasteiger charge is 2.19. The van der Waals surface area contributed by atoms with Crippen LogP contribution in [0.4, 0.5) is 0 Å². The van der Waals surface area contributed by atoms with E-state index in [1.165, 1.54) is 4.90 Å². The number of rotatable bonds is 5. The van der Waals surface area contributed by atoms with E-state index in [4.69, 9.17) is 0 Å². The Hall–Kier alpha value is -0.660. The molecule has 0 aliphatic carbocycles. The van der Waals surface area contributed by atoms with Gasteiger partial charge < -0.3 is 10.2 Å². The summed E-state index contributed by atoms with van der Waals surface area (Å²) in [6, 6.07) is 0. The molecule has 1 rings (SSSR count). The van der Waals surface area contributed by atoms with Gasteiger partial charge in [-0.1, -0.05) is 0 Å². The molecule has 100 valence electrons. The van der Waals surface area contributed by atoms with Crippen molar-refractivity contribution >= 4 is 15.7 Å². The largest absolute Gasteiger partial charge is 0.348 e. The maximum absolute atomic E-state index is 11.7.